The molecule has 0 amide bonds. The Balaban J connectivity index is 2.21. The topological polar surface area (TPSA) is 22.0 Å². The highest BCUT2D eigenvalue weighted by Crippen LogP contribution is 2.29. The average molecular weight is 275 g/mol. The number of rotatable bonds is 3. The van der Waals surface area contributed by atoms with Crippen molar-refractivity contribution in [2.75, 3.05) is 0 Å². The summed E-state index contributed by atoms with van der Waals surface area (Å²) in [6.45, 7) is 2.03. The van der Waals surface area contributed by atoms with E-state index in [1.165, 1.54) is 0 Å². The second-order valence-electron chi connectivity index (χ2n) is 5.10. The molecule has 0 bridgehead atoms. The molecule has 0 spiro atoms. The standard InChI is InChI=1S/C19H17NO/c1-15-13-17(14-21)19(16-9-5-2-3-6-10-16)20(15)18-11-7-4-8-12-18/h2-14,16H,1H3. The lowest BCUT2D eigenvalue weighted by Gasteiger charge is -2.16. The van der Waals surface area contributed by atoms with Crippen LogP contribution >= 0.6 is 0 Å². The van der Waals surface area contributed by atoms with Gasteiger partial charge in [-0.05, 0) is 25.1 Å². The summed E-state index contributed by atoms with van der Waals surface area (Å²) in [5.41, 5.74) is 3.91. The van der Waals surface area contributed by atoms with Crippen LogP contribution in [0.4, 0.5) is 0 Å². The number of para-hydroxylation sites is 1. The van der Waals surface area contributed by atoms with Crippen molar-refractivity contribution < 1.29 is 4.79 Å². The van der Waals surface area contributed by atoms with Crippen LogP contribution in [0, 0.1) is 6.92 Å². The van der Waals surface area contributed by atoms with Crippen LogP contribution in [0.15, 0.2) is 72.9 Å². The molecule has 2 nitrogen and oxygen atoms in total. The van der Waals surface area contributed by atoms with E-state index in [-0.39, 0.29) is 5.92 Å². The van der Waals surface area contributed by atoms with E-state index in [9.17, 15) is 4.79 Å². The quantitative estimate of drug-likeness (QED) is 0.763. The maximum atomic E-state index is 11.5. The number of benzene rings is 1. The highest BCUT2D eigenvalue weighted by molar-refractivity contribution is 5.79. The molecule has 104 valence electrons. The van der Waals surface area contributed by atoms with E-state index >= 15 is 0 Å². The maximum absolute atomic E-state index is 11.5. The summed E-state index contributed by atoms with van der Waals surface area (Å²) < 4.78 is 2.16. The Morgan fingerprint density at radius 3 is 2.29 bits per heavy atom. The first kappa shape index (κ1) is 13.4. The molecule has 0 aliphatic heterocycles. The Morgan fingerprint density at radius 1 is 1.00 bits per heavy atom. The molecule has 1 aliphatic carbocycles. The number of hydrogen-bond donors (Lipinski definition) is 0. The molecule has 0 atom stereocenters. The highest BCUT2D eigenvalue weighted by atomic mass is 16.1. The van der Waals surface area contributed by atoms with Gasteiger partial charge in [-0.25, -0.2) is 0 Å². The summed E-state index contributed by atoms with van der Waals surface area (Å²) in [5, 5.41) is 0. The molecule has 0 radical (unpaired) electrons. The molecule has 1 aromatic heterocycles. The zero-order valence-electron chi connectivity index (χ0n) is 11.9. The van der Waals surface area contributed by atoms with Crippen LogP contribution in [-0.2, 0) is 0 Å². The molecular weight excluding hydrogens is 258 g/mol. The molecule has 1 aromatic carbocycles. The van der Waals surface area contributed by atoms with Gasteiger partial charge in [-0.2, -0.15) is 0 Å². The SMILES string of the molecule is Cc1cc(C=O)c(C2C=CC=CC=C2)n1-c1ccccc1. The monoisotopic (exact) mass is 275 g/mol. The van der Waals surface area contributed by atoms with Gasteiger partial charge < -0.3 is 4.57 Å². The first-order valence-electron chi connectivity index (χ1n) is 7.06. The molecular formula is C19H17NO. The summed E-state index contributed by atoms with van der Waals surface area (Å²) in [5.74, 6) is 0.0918. The minimum absolute atomic E-state index is 0.0918. The van der Waals surface area contributed by atoms with Gasteiger partial charge in [0.15, 0.2) is 6.29 Å². The molecule has 0 saturated carbocycles. The first-order valence-corrected chi connectivity index (χ1v) is 7.06. The molecule has 21 heavy (non-hydrogen) atoms. The minimum Gasteiger partial charge on any atom is -0.317 e. The van der Waals surface area contributed by atoms with Crippen molar-refractivity contribution in [1.29, 1.82) is 0 Å². The predicted octanol–water partition coefficient (Wildman–Crippen LogP) is 4.36. The fourth-order valence-electron chi connectivity index (χ4n) is 2.78. The number of aromatic nitrogens is 1. The third kappa shape index (κ3) is 2.52. The molecule has 0 unspecified atom stereocenters. The van der Waals surface area contributed by atoms with Crippen molar-refractivity contribution in [2.45, 2.75) is 12.8 Å². The second kappa shape index (κ2) is 5.80. The number of carbonyl (C=O) groups excluding carboxylic acids is 1. The molecule has 2 aromatic rings. The van der Waals surface area contributed by atoms with Crippen LogP contribution in [-0.4, -0.2) is 10.9 Å². The Hall–Kier alpha value is -2.61. The molecule has 1 heterocycles. The lowest BCUT2D eigenvalue weighted by atomic mass is 10.0. The second-order valence-corrected chi connectivity index (χ2v) is 5.10. The third-order valence-electron chi connectivity index (χ3n) is 3.68. The lowest BCUT2D eigenvalue weighted by molar-refractivity contribution is 0.112. The summed E-state index contributed by atoms with van der Waals surface area (Å²) >= 11 is 0. The van der Waals surface area contributed by atoms with Crippen LogP contribution in [0.1, 0.15) is 27.7 Å². The van der Waals surface area contributed by atoms with Crippen molar-refractivity contribution in [3.63, 3.8) is 0 Å². The van der Waals surface area contributed by atoms with E-state index < -0.39 is 0 Å². The van der Waals surface area contributed by atoms with Crippen molar-refractivity contribution >= 4 is 6.29 Å². The molecule has 0 N–H and O–H groups in total. The summed E-state index contributed by atoms with van der Waals surface area (Å²) in [6.07, 6.45) is 13.2. The first-order chi connectivity index (χ1) is 10.3. The van der Waals surface area contributed by atoms with Gasteiger partial charge in [-0.1, -0.05) is 54.7 Å². The Kier molecular flexibility index (Phi) is 3.69. The van der Waals surface area contributed by atoms with Crippen molar-refractivity contribution in [3.8, 4) is 5.69 Å². The van der Waals surface area contributed by atoms with Gasteiger partial charge in [0.25, 0.3) is 0 Å². The number of aryl methyl sites for hydroxylation is 1. The molecule has 0 fully saturated rings. The van der Waals surface area contributed by atoms with Crippen LogP contribution in [0.2, 0.25) is 0 Å². The molecule has 0 saturated heterocycles. The van der Waals surface area contributed by atoms with Gasteiger partial charge in [0.05, 0.1) is 0 Å². The number of allylic oxidation sites excluding steroid dienone is 6. The number of hydrogen-bond acceptors (Lipinski definition) is 1. The minimum atomic E-state index is 0.0918. The number of carbonyl (C=O) groups is 1. The fourth-order valence-corrected chi connectivity index (χ4v) is 2.78. The van der Waals surface area contributed by atoms with Crippen LogP contribution in [0.25, 0.3) is 5.69 Å². The Bertz CT molecular complexity index is 716. The van der Waals surface area contributed by atoms with Gasteiger partial charge in [0, 0.05) is 28.6 Å². The van der Waals surface area contributed by atoms with Crippen molar-refractivity contribution in [1.82, 2.24) is 4.57 Å². The lowest BCUT2D eigenvalue weighted by Crippen LogP contribution is -2.06. The smallest absolute Gasteiger partial charge is 0.151 e. The molecule has 2 heteroatoms. The van der Waals surface area contributed by atoms with Crippen molar-refractivity contribution in [2.24, 2.45) is 0 Å². The maximum Gasteiger partial charge on any atom is 0.151 e. The van der Waals surface area contributed by atoms with Crippen LogP contribution < -0.4 is 0 Å². The summed E-state index contributed by atoms with van der Waals surface area (Å²) in [7, 11) is 0. The average Bonchev–Trinajstić information content (AvgIpc) is 2.69. The van der Waals surface area contributed by atoms with Gasteiger partial charge in [0.1, 0.15) is 0 Å². The largest absolute Gasteiger partial charge is 0.317 e. The molecule has 1 aliphatic rings. The van der Waals surface area contributed by atoms with E-state index in [0.717, 1.165) is 28.9 Å². The number of nitrogens with zero attached hydrogens (tertiary/aromatic N) is 1. The number of aldehydes is 1. The van der Waals surface area contributed by atoms with E-state index in [1.54, 1.807) is 0 Å². The highest BCUT2D eigenvalue weighted by Gasteiger charge is 2.19. The van der Waals surface area contributed by atoms with E-state index in [2.05, 4.69) is 28.9 Å². The normalized spacial score (nSPS) is 14.3. The van der Waals surface area contributed by atoms with Gasteiger partial charge >= 0.3 is 0 Å². The van der Waals surface area contributed by atoms with E-state index in [0.29, 0.717) is 0 Å². The Morgan fingerprint density at radius 2 is 1.67 bits per heavy atom. The van der Waals surface area contributed by atoms with Crippen molar-refractivity contribution in [3.05, 3.63) is 89.8 Å². The Labute approximate surface area is 124 Å². The van der Waals surface area contributed by atoms with Crippen LogP contribution in [0.3, 0.4) is 0 Å². The summed E-state index contributed by atoms with van der Waals surface area (Å²) in [6, 6.07) is 12.1. The van der Waals surface area contributed by atoms with Crippen LogP contribution in [0.5, 0.6) is 0 Å². The van der Waals surface area contributed by atoms with E-state index in [4.69, 9.17) is 0 Å². The van der Waals surface area contributed by atoms with Gasteiger partial charge in [0.2, 0.25) is 0 Å². The fraction of sp³-hybridized carbons (Fsp3) is 0.105. The van der Waals surface area contributed by atoms with Gasteiger partial charge in [-0.15, -0.1) is 0 Å². The zero-order chi connectivity index (χ0) is 14.7. The zero-order valence-corrected chi connectivity index (χ0v) is 11.9. The van der Waals surface area contributed by atoms with Gasteiger partial charge in [-0.3, -0.25) is 4.79 Å². The van der Waals surface area contributed by atoms with E-state index in [1.807, 2.05) is 55.5 Å². The third-order valence-corrected chi connectivity index (χ3v) is 3.68. The summed E-state index contributed by atoms with van der Waals surface area (Å²) in [4.78, 5) is 11.5. The predicted molar refractivity (Wildman–Crippen MR) is 86.1 cm³/mol. The molecule has 3 rings (SSSR count).